The molecule has 84 valence electrons. The molecular weight excluding hydrogens is 264 g/mol. The lowest BCUT2D eigenvalue weighted by Gasteiger charge is -2.27. The predicted octanol–water partition coefficient (Wildman–Crippen LogP) is 4.07. The summed E-state index contributed by atoms with van der Waals surface area (Å²) in [5, 5.41) is 12.7. The van der Waals surface area contributed by atoms with Crippen molar-refractivity contribution >= 4 is 21.6 Å². The number of rotatable bonds is 2. The summed E-state index contributed by atoms with van der Waals surface area (Å²) in [7, 11) is 0. The van der Waals surface area contributed by atoms with Crippen molar-refractivity contribution in [1.29, 1.82) is 5.26 Å². The SMILES string of the molecule is CC1(Nc2cccc(Br)c2C#N)CCCC1. The number of hydrogen-bond donors (Lipinski definition) is 1. The number of nitriles is 1. The van der Waals surface area contributed by atoms with Crippen LogP contribution in [0.15, 0.2) is 22.7 Å². The molecule has 0 spiro atoms. The first-order chi connectivity index (χ1) is 7.64. The molecule has 1 aromatic rings. The van der Waals surface area contributed by atoms with E-state index in [0.29, 0.717) is 5.56 Å². The van der Waals surface area contributed by atoms with Crippen LogP contribution in [-0.2, 0) is 0 Å². The second kappa shape index (κ2) is 4.47. The molecule has 0 heterocycles. The molecule has 0 amide bonds. The third-order valence-electron chi connectivity index (χ3n) is 3.27. The van der Waals surface area contributed by atoms with Gasteiger partial charge in [-0.05, 0) is 47.8 Å². The molecule has 1 fully saturated rings. The smallest absolute Gasteiger partial charge is 0.103 e. The predicted molar refractivity (Wildman–Crippen MR) is 69.4 cm³/mol. The van der Waals surface area contributed by atoms with Gasteiger partial charge in [-0.1, -0.05) is 18.9 Å². The lowest BCUT2D eigenvalue weighted by Crippen LogP contribution is -2.31. The molecule has 1 aliphatic rings. The lowest BCUT2D eigenvalue weighted by molar-refractivity contribution is 0.533. The third-order valence-corrected chi connectivity index (χ3v) is 3.93. The van der Waals surface area contributed by atoms with Gasteiger partial charge in [-0.25, -0.2) is 0 Å². The topological polar surface area (TPSA) is 35.8 Å². The molecule has 3 heteroatoms. The molecule has 0 atom stereocenters. The van der Waals surface area contributed by atoms with Crippen molar-refractivity contribution in [3.8, 4) is 6.07 Å². The zero-order valence-electron chi connectivity index (χ0n) is 9.39. The largest absolute Gasteiger partial charge is 0.379 e. The van der Waals surface area contributed by atoms with Gasteiger partial charge in [0.2, 0.25) is 0 Å². The second-order valence-corrected chi connectivity index (χ2v) is 5.52. The van der Waals surface area contributed by atoms with E-state index in [2.05, 4.69) is 34.2 Å². The van der Waals surface area contributed by atoms with Gasteiger partial charge in [0.15, 0.2) is 0 Å². The van der Waals surface area contributed by atoms with E-state index in [1.807, 2.05) is 18.2 Å². The van der Waals surface area contributed by atoms with E-state index in [9.17, 15) is 0 Å². The van der Waals surface area contributed by atoms with Crippen molar-refractivity contribution < 1.29 is 0 Å². The molecule has 0 radical (unpaired) electrons. The Morgan fingerprint density at radius 2 is 2.06 bits per heavy atom. The summed E-state index contributed by atoms with van der Waals surface area (Å²) in [5.74, 6) is 0. The molecule has 1 aromatic carbocycles. The average Bonchev–Trinajstić information content (AvgIpc) is 2.65. The molecule has 0 aromatic heterocycles. The van der Waals surface area contributed by atoms with Crippen LogP contribution in [0, 0.1) is 11.3 Å². The highest BCUT2D eigenvalue weighted by Crippen LogP contribution is 2.34. The van der Waals surface area contributed by atoms with Crippen molar-refractivity contribution in [3.05, 3.63) is 28.2 Å². The zero-order valence-corrected chi connectivity index (χ0v) is 11.0. The van der Waals surface area contributed by atoms with Gasteiger partial charge in [0.05, 0.1) is 11.3 Å². The van der Waals surface area contributed by atoms with Gasteiger partial charge in [-0.2, -0.15) is 5.26 Å². The van der Waals surface area contributed by atoms with E-state index in [1.165, 1.54) is 25.7 Å². The highest BCUT2D eigenvalue weighted by atomic mass is 79.9. The zero-order chi connectivity index (χ0) is 11.6. The first-order valence-electron chi connectivity index (χ1n) is 5.61. The third kappa shape index (κ3) is 2.22. The first-order valence-corrected chi connectivity index (χ1v) is 6.41. The van der Waals surface area contributed by atoms with E-state index in [-0.39, 0.29) is 5.54 Å². The monoisotopic (exact) mass is 278 g/mol. The van der Waals surface area contributed by atoms with Crippen molar-refractivity contribution in [2.45, 2.75) is 38.1 Å². The van der Waals surface area contributed by atoms with Crippen LogP contribution in [-0.4, -0.2) is 5.54 Å². The fraction of sp³-hybridized carbons (Fsp3) is 0.462. The van der Waals surface area contributed by atoms with Gasteiger partial charge in [-0.3, -0.25) is 0 Å². The van der Waals surface area contributed by atoms with Crippen molar-refractivity contribution in [3.63, 3.8) is 0 Å². The van der Waals surface area contributed by atoms with Crippen LogP contribution in [0.4, 0.5) is 5.69 Å². The van der Waals surface area contributed by atoms with Crippen molar-refractivity contribution in [1.82, 2.24) is 0 Å². The molecule has 0 unspecified atom stereocenters. The van der Waals surface area contributed by atoms with Crippen LogP contribution < -0.4 is 5.32 Å². The van der Waals surface area contributed by atoms with Crippen LogP contribution in [0.25, 0.3) is 0 Å². The van der Waals surface area contributed by atoms with Gasteiger partial charge in [0.25, 0.3) is 0 Å². The summed E-state index contributed by atoms with van der Waals surface area (Å²) in [6.07, 6.45) is 4.92. The highest BCUT2D eigenvalue weighted by molar-refractivity contribution is 9.10. The number of hydrogen-bond acceptors (Lipinski definition) is 2. The van der Waals surface area contributed by atoms with Crippen LogP contribution in [0.3, 0.4) is 0 Å². The maximum absolute atomic E-state index is 9.14. The summed E-state index contributed by atoms with van der Waals surface area (Å²) in [6.45, 7) is 2.24. The van der Waals surface area contributed by atoms with Crippen molar-refractivity contribution in [2.24, 2.45) is 0 Å². The Morgan fingerprint density at radius 1 is 1.38 bits per heavy atom. The molecule has 16 heavy (non-hydrogen) atoms. The fourth-order valence-corrected chi connectivity index (χ4v) is 2.80. The second-order valence-electron chi connectivity index (χ2n) is 4.67. The minimum Gasteiger partial charge on any atom is -0.379 e. The molecule has 2 rings (SSSR count). The normalized spacial score (nSPS) is 18.1. The average molecular weight is 279 g/mol. The molecule has 1 saturated carbocycles. The van der Waals surface area contributed by atoms with Gasteiger partial charge in [0, 0.05) is 10.0 Å². The maximum Gasteiger partial charge on any atom is 0.103 e. The number of benzene rings is 1. The minimum absolute atomic E-state index is 0.159. The molecule has 2 nitrogen and oxygen atoms in total. The van der Waals surface area contributed by atoms with E-state index in [4.69, 9.17) is 5.26 Å². The van der Waals surface area contributed by atoms with Crippen molar-refractivity contribution in [2.75, 3.05) is 5.32 Å². The molecule has 1 N–H and O–H groups in total. The fourth-order valence-electron chi connectivity index (χ4n) is 2.35. The standard InChI is InChI=1S/C13H15BrN2/c1-13(7-2-3-8-13)16-12-6-4-5-11(14)10(12)9-15/h4-6,16H,2-3,7-8H2,1H3. The van der Waals surface area contributed by atoms with E-state index in [1.54, 1.807) is 0 Å². The summed E-state index contributed by atoms with van der Waals surface area (Å²) >= 11 is 3.41. The summed E-state index contributed by atoms with van der Waals surface area (Å²) in [5.41, 5.74) is 1.81. The number of nitrogens with one attached hydrogen (secondary N) is 1. The van der Waals surface area contributed by atoms with Crippen LogP contribution in [0.1, 0.15) is 38.2 Å². The molecular formula is C13H15BrN2. The van der Waals surface area contributed by atoms with Gasteiger partial charge in [-0.15, -0.1) is 0 Å². The molecule has 0 bridgehead atoms. The molecule has 1 aliphatic carbocycles. The Labute approximate surface area is 105 Å². The summed E-state index contributed by atoms with van der Waals surface area (Å²) in [6, 6.07) is 8.09. The molecule has 0 saturated heterocycles. The highest BCUT2D eigenvalue weighted by Gasteiger charge is 2.28. The number of nitrogens with zero attached hydrogens (tertiary/aromatic N) is 1. The first kappa shape index (κ1) is 11.5. The van der Waals surface area contributed by atoms with E-state index in [0.717, 1.165) is 10.2 Å². The maximum atomic E-state index is 9.14. The number of anilines is 1. The molecule has 0 aliphatic heterocycles. The van der Waals surface area contributed by atoms with Gasteiger partial charge in [0.1, 0.15) is 6.07 Å². The number of halogens is 1. The quantitative estimate of drug-likeness (QED) is 0.885. The lowest BCUT2D eigenvalue weighted by atomic mass is 9.99. The van der Waals surface area contributed by atoms with Crippen LogP contribution in [0.2, 0.25) is 0 Å². The van der Waals surface area contributed by atoms with Gasteiger partial charge < -0.3 is 5.32 Å². The minimum atomic E-state index is 0.159. The summed E-state index contributed by atoms with van der Waals surface area (Å²) < 4.78 is 0.863. The summed E-state index contributed by atoms with van der Waals surface area (Å²) in [4.78, 5) is 0. The van der Waals surface area contributed by atoms with Crippen LogP contribution >= 0.6 is 15.9 Å². The van der Waals surface area contributed by atoms with Gasteiger partial charge >= 0.3 is 0 Å². The van der Waals surface area contributed by atoms with E-state index >= 15 is 0 Å². The Morgan fingerprint density at radius 3 is 2.69 bits per heavy atom. The van der Waals surface area contributed by atoms with E-state index < -0.39 is 0 Å². The van der Waals surface area contributed by atoms with Crippen LogP contribution in [0.5, 0.6) is 0 Å². The Bertz CT molecular complexity index is 428. The Hall–Kier alpha value is -1.01. The Kier molecular flexibility index (Phi) is 3.20. The Balaban J connectivity index is 2.28.